The van der Waals surface area contributed by atoms with E-state index >= 15 is 0 Å². The predicted octanol–water partition coefficient (Wildman–Crippen LogP) is 5.04. The van der Waals surface area contributed by atoms with E-state index in [1.807, 2.05) is 18.7 Å². The Labute approximate surface area is 144 Å². The lowest BCUT2D eigenvalue weighted by Crippen LogP contribution is -2.05. The Bertz CT molecular complexity index is 638. The molecule has 2 rings (SSSR count). The van der Waals surface area contributed by atoms with Gasteiger partial charge in [-0.3, -0.25) is 4.68 Å². The first-order valence-corrected chi connectivity index (χ1v) is 8.80. The van der Waals surface area contributed by atoms with Crippen molar-refractivity contribution < 1.29 is 4.74 Å². The fourth-order valence-electron chi connectivity index (χ4n) is 2.08. The molecule has 0 fully saturated rings. The van der Waals surface area contributed by atoms with E-state index in [4.69, 9.17) is 4.74 Å². The van der Waals surface area contributed by atoms with Crippen molar-refractivity contribution in [2.24, 2.45) is 7.05 Å². The Morgan fingerprint density at radius 2 is 1.95 bits per heavy atom. The monoisotopic (exact) mass is 464 g/mol. The van der Waals surface area contributed by atoms with E-state index in [2.05, 4.69) is 71.9 Å². The van der Waals surface area contributed by atoms with Gasteiger partial charge in [0.15, 0.2) is 0 Å². The van der Waals surface area contributed by atoms with Crippen molar-refractivity contribution in [1.82, 2.24) is 9.78 Å². The maximum atomic E-state index is 6.03. The lowest BCUT2D eigenvalue weighted by molar-refractivity contribution is 0.290. The molecule has 0 aliphatic rings. The molecule has 0 amide bonds. The van der Waals surface area contributed by atoms with Crippen LogP contribution < -0.4 is 4.74 Å². The summed E-state index contributed by atoms with van der Waals surface area (Å²) < 4.78 is 9.96. The lowest BCUT2D eigenvalue weighted by atomic mass is 10.1. The van der Waals surface area contributed by atoms with E-state index in [0.717, 1.165) is 42.5 Å². The number of nitrogens with zero attached hydrogens (tertiary/aromatic N) is 2. The van der Waals surface area contributed by atoms with Gasteiger partial charge in [0.2, 0.25) is 0 Å². The molecule has 0 aliphatic carbocycles. The molecule has 0 radical (unpaired) electrons. The number of halogens is 3. The molecule has 108 valence electrons. The molecule has 20 heavy (non-hydrogen) atoms. The number of rotatable bonds is 4. The first kappa shape index (κ1) is 16.0. The molecule has 0 N–H and O–H groups in total. The van der Waals surface area contributed by atoms with Crippen LogP contribution in [0.4, 0.5) is 0 Å². The molecule has 0 saturated heterocycles. The first-order valence-electron chi connectivity index (χ1n) is 6.09. The summed E-state index contributed by atoms with van der Waals surface area (Å²) in [5.74, 6) is 0.927. The Morgan fingerprint density at radius 1 is 1.25 bits per heavy atom. The van der Waals surface area contributed by atoms with Gasteiger partial charge < -0.3 is 4.74 Å². The normalized spacial score (nSPS) is 10.9. The third kappa shape index (κ3) is 3.28. The van der Waals surface area contributed by atoms with Crippen LogP contribution in [-0.2, 0) is 19.0 Å². The molecule has 1 aromatic carbocycles. The second-order valence-corrected chi connectivity index (χ2v) is 6.87. The molecule has 2 aromatic rings. The summed E-state index contributed by atoms with van der Waals surface area (Å²) >= 11 is 10.6. The van der Waals surface area contributed by atoms with Crippen molar-refractivity contribution >= 4 is 47.8 Å². The molecule has 0 aliphatic heterocycles. The topological polar surface area (TPSA) is 27.1 Å². The second-order valence-electron chi connectivity index (χ2n) is 4.60. The van der Waals surface area contributed by atoms with E-state index in [0.29, 0.717) is 6.61 Å². The predicted molar refractivity (Wildman–Crippen MR) is 91.5 cm³/mol. The molecule has 3 nitrogen and oxygen atoms in total. The Morgan fingerprint density at radius 3 is 2.50 bits per heavy atom. The molecule has 0 saturated carbocycles. The molecule has 0 unspecified atom stereocenters. The van der Waals surface area contributed by atoms with Crippen molar-refractivity contribution in [3.05, 3.63) is 43.6 Å². The zero-order valence-electron chi connectivity index (χ0n) is 11.5. The lowest BCUT2D eigenvalue weighted by Gasteiger charge is -2.14. The molecule has 0 atom stereocenters. The van der Waals surface area contributed by atoms with E-state index in [1.54, 1.807) is 0 Å². The second kappa shape index (κ2) is 6.62. The van der Waals surface area contributed by atoms with Crippen LogP contribution in [0.5, 0.6) is 5.75 Å². The highest BCUT2D eigenvalue weighted by molar-refractivity contribution is 9.11. The smallest absolute Gasteiger partial charge is 0.131 e. The van der Waals surface area contributed by atoms with Crippen molar-refractivity contribution in [1.29, 1.82) is 0 Å². The summed E-state index contributed by atoms with van der Waals surface area (Å²) in [6.45, 7) is 4.51. The van der Waals surface area contributed by atoms with E-state index in [-0.39, 0.29) is 0 Å². The van der Waals surface area contributed by atoms with Crippen LogP contribution in [0, 0.1) is 13.8 Å². The number of aromatic nitrogens is 2. The van der Waals surface area contributed by atoms with Gasteiger partial charge in [0.1, 0.15) is 12.4 Å². The van der Waals surface area contributed by atoms with Gasteiger partial charge in [-0.1, -0.05) is 31.9 Å². The first-order chi connectivity index (χ1) is 9.43. The third-order valence-electron chi connectivity index (χ3n) is 3.08. The van der Waals surface area contributed by atoms with Gasteiger partial charge in [-0.25, -0.2) is 0 Å². The fraction of sp³-hybridized carbons (Fsp3) is 0.357. The molecule has 1 aromatic heterocycles. The molecule has 0 bridgehead atoms. The summed E-state index contributed by atoms with van der Waals surface area (Å²) in [6.07, 6.45) is 0. The quantitative estimate of drug-likeness (QED) is 0.590. The van der Waals surface area contributed by atoms with E-state index in [9.17, 15) is 0 Å². The third-order valence-corrected chi connectivity index (χ3v) is 5.17. The zero-order chi connectivity index (χ0) is 14.9. The van der Waals surface area contributed by atoms with Gasteiger partial charge in [-0.15, -0.1) is 0 Å². The van der Waals surface area contributed by atoms with Crippen LogP contribution >= 0.6 is 47.8 Å². The number of aryl methyl sites for hydroxylation is 3. The number of benzene rings is 1. The molecule has 0 spiro atoms. The van der Waals surface area contributed by atoms with Crippen LogP contribution in [0.1, 0.15) is 22.5 Å². The average molecular weight is 467 g/mol. The highest BCUT2D eigenvalue weighted by atomic mass is 79.9. The fourth-order valence-corrected chi connectivity index (χ4v) is 3.57. The van der Waals surface area contributed by atoms with Gasteiger partial charge in [0.05, 0.1) is 15.9 Å². The highest BCUT2D eigenvalue weighted by Crippen LogP contribution is 2.31. The van der Waals surface area contributed by atoms with Crippen molar-refractivity contribution in [3.8, 4) is 5.75 Å². The number of alkyl halides is 1. The van der Waals surface area contributed by atoms with Crippen LogP contribution in [0.2, 0.25) is 0 Å². The van der Waals surface area contributed by atoms with Crippen LogP contribution in [-0.4, -0.2) is 9.78 Å². The number of hydrogen-bond donors (Lipinski definition) is 0. The minimum atomic E-state index is 0.487. The van der Waals surface area contributed by atoms with Gasteiger partial charge >= 0.3 is 0 Å². The van der Waals surface area contributed by atoms with Gasteiger partial charge in [-0.2, -0.15) is 5.10 Å². The number of hydrogen-bond acceptors (Lipinski definition) is 2. The summed E-state index contributed by atoms with van der Waals surface area (Å²) in [5, 5.41) is 5.13. The van der Waals surface area contributed by atoms with Crippen LogP contribution in [0.15, 0.2) is 21.1 Å². The van der Waals surface area contributed by atoms with Crippen LogP contribution in [0.3, 0.4) is 0 Å². The van der Waals surface area contributed by atoms with Crippen LogP contribution in [0.25, 0.3) is 0 Å². The highest BCUT2D eigenvalue weighted by Gasteiger charge is 2.14. The standard InChI is InChI=1S/C14H15Br3N2O/c1-8-4-11(16)5-10(6-15)14(8)20-7-12-13(17)9(2)18-19(12)3/h4-5H,6-7H2,1-3H3. The minimum Gasteiger partial charge on any atom is -0.487 e. The summed E-state index contributed by atoms with van der Waals surface area (Å²) in [6, 6.07) is 4.13. The Kier molecular flexibility index (Phi) is 5.31. The van der Waals surface area contributed by atoms with Gasteiger partial charge in [-0.05, 0) is 47.5 Å². The molecule has 1 heterocycles. The molecular formula is C14H15Br3N2O. The maximum Gasteiger partial charge on any atom is 0.131 e. The van der Waals surface area contributed by atoms with Crippen molar-refractivity contribution in [2.75, 3.05) is 0 Å². The average Bonchev–Trinajstić information content (AvgIpc) is 2.62. The summed E-state index contributed by atoms with van der Waals surface area (Å²) in [5.41, 5.74) is 4.25. The summed E-state index contributed by atoms with van der Waals surface area (Å²) in [7, 11) is 1.93. The minimum absolute atomic E-state index is 0.487. The zero-order valence-corrected chi connectivity index (χ0v) is 16.3. The molecule has 6 heteroatoms. The van der Waals surface area contributed by atoms with E-state index < -0.39 is 0 Å². The van der Waals surface area contributed by atoms with Crippen molar-refractivity contribution in [3.63, 3.8) is 0 Å². The van der Waals surface area contributed by atoms with Crippen molar-refractivity contribution in [2.45, 2.75) is 25.8 Å². The Balaban J connectivity index is 2.27. The van der Waals surface area contributed by atoms with Gasteiger partial charge in [0.25, 0.3) is 0 Å². The van der Waals surface area contributed by atoms with Gasteiger partial charge in [0, 0.05) is 22.4 Å². The molecular weight excluding hydrogens is 452 g/mol. The van der Waals surface area contributed by atoms with E-state index in [1.165, 1.54) is 0 Å². The number of ether oxygens (including phenoxy) is 1. The Hall–Kier alpha value is -0.330. The SMILES string of the molecule is Cc1cc(Br)cc(CBr)c1OCc1c(Br)c(C)nn1C. The largest absolute Gasteiger partial charge is 0.487 e. The summed E-state index contributed by atoms with van der Waals surface area (Å²) in [4.78, 5) is 0. The maximum absolute atomic E-state index is 6.03.